The molecule has 1 atom stereocenters. The van der Waals surface area contributed by atoms with Gasteiger partial charge >= 0.3 is 5.97 Å². The van der Waals surface area contributed by atoms with Crippen LogP contribution in [-0.2, 0) is 11.2 Å². The van der Waals surface area contributed by atoms with E-state index in [2.05, 4.69) is 0 Å². The van der Waals surface area contributed by atoms with E-state index in [1.54, 1.807) is 11.8 Å². The first-order valence-corrected chi connectivity index (χ1v) is 7.01. The Morgan fingerprint density at radius 1 is 1.56 bits per heavy atom. The Hall–Kier alpha value is -1.36. The van der Waals surface area contributed by atoms with Gasteiger partial charge in [0.2, 0.25) is 0 Å². The number of carbonyl (C=O) groups is 2. The summed E-state index contributed by atoms with van der Waals surface area (Å²) in [4.78, 5) is 25.6. The molecule has 0 saturated carbocycles. The van der Waals surface area contributed by atoms with Crippen molar-refractivity contribution < 1.29 is 14.7 Å². The van der Waals surface area contributed by atoms with E-state index in [-0.39, 0.29) is 17.7 Å². The standard InChI is InChI=1S/C13H17NO3S/c1-3-9-4-5-18-11(9)12(15)14-6-10(7-14)8(2)13(16)17/h4-5,8,10H,3,6-7H2,1-2H3,(H,16,17). The first-order chi connectivity index (χ1) is 8.54. The molecule has 1 saturated heterocycles. The minimum atomic E-state index is -0.780. The summed E-state index contributed by atoms with van der Waals surface area (Å²) < 4.78 is 0. The number of carbonyl (C=O) groups excluding carboxylic acids is 1. The van der Waals surface area contributed by atoms with E-state index in [1.807, 2.05) is 18.4 Å². The molecular weight excluding hydrogens is 250 g/mol. The fourth-order valence-electron chi connectivity index (χ4n) is 2.14. The van der Waals surface area contributed by atoms with Crippen LogP contribution in [0.2, 0.25) is 0 Å². The third-order valence-electron chi connectivity index (χ3n) is 3.62. The van der Waals surface area contributed by atoms with Gasteiger partial charge < -0.3 is 10.0 Å². The molecule has 5 heteroatoms. The normalized spacial score (nSPS) is 17.3. The van der Waals surface area contributed by atoms with Gasteiger partial charge in [-0.2, -0.15) is 0 Å². The summed E-state index contributed by atoms with van der Waals surface area (Å²) >= 11 is 1.47. The molecule has 2 heterocycles. The van der Waals surface area contributed by atoms with Crippen LogP contribution in [0.15, 0.2) is 11.4 Å². The third kappa shape index (κ3) is 2.27. The molecule has 1 amide bonds. The van der Waals surface area contributed by atoms with Crippen LogP contribution in [0.5, 0.6) is 0 Å². The predicted octanol–water partition coefficient (Wildman–Crippen LogP) is 2.10. The molecule has 1 unspecified atom stereocenters. The number of amides is 1. The Kier molecular flexibility index (Phi) is 3.71. The van der Waals surface area contributed by atoms with Crippen LogP contribution in [0.3, 0.4) is 0 Å². The second-order valence-electron chi connectivity index (χ2n) is 4.73. The molecule has 1 aromatic heterocycles. The quantitative estimate of drug-likeness (QED) is 0.909. The van der Waals surface area contributed by atoms with Crippen molar-refractivity contribution in [1.82, 2.24) is 4.90 Å². The van der Waals surface area contributed by atoms with Gasteiger partial charge in [0.25, 0.3) is 5.91 Å². The average molecular weight is 267 g/mol. The summed E-state index contributed by atoms with van der Waals surface area (Å²) in [5.74, 6) is -1.01. The van der Waals surface area contributed by atoms with Crippen molar-refractivity contribution in [2.75, 3.05) is 13.1 Å². The number of nitrogens with zero attached hydrogens (tertiary/aromatic N) is 1. The Labute approximate surface area is 110 Å². The van der Waals surface area contributed by atoms with E-state index < -0.39 is 5.97 Å². The number of likely N-dealkylation sites (tertiary alicyclic amines) is 1. The van der Waals surface area contributed by atoms with Crippen LogP contribution in [0.1, 0.15) is 29.1 Å². The monoisotopic (exact) mass is 267 g/mol. The molecule has 18 heavy (non-hydrogen) atoms. The Balaban J connectivity index is 1.96. The van der Waals surface area contributed by atoms with Gasteiger partial charge in [0.15, 0.2) is 0 Å². The number of aliphatic carboxylic acids is 1. The van der Waals surface area contributed by atoms with Crippen LogP contribution in [-0.4, -0.2) is 35.0 Å². The topological polar surface area (TPSA) is 57.6 Å². The molecule has 1 aliphatic heterocycles. The lowest BCUT2D eigenvalue weighted by molar-refractivity contribution is -0.144. The number of rotatable bonds is 4. The lowest BCUT2D eigenvalue weighted by atomic mass is 9.87. The van der Waals surface area contributed by atoms with Crippen molar-refractivity contribution in [3.63, 3.8) is 0 Å². The molecule has 1 aromatic rings. The maximum absolute atomic E-state index is 12.2. The summed E-state index contributed by atoms with van der Waals surface area (Å²) in [6.45, 7) is 4.86. The first-order valence-electron chi connectivity index (χ1n) is 6.13. The zero-order valence-corrected chi connectivity index (χ0v) is 11.4. The van der Waals surface area contributed by atoms with Gasteiger partial charge in [-0.25, -0.2) is 0 Å². The smallest absolute Gasteiger partial charge is 0.306 e. The zero-order valence-electron chi connectivity index (χ0n) is 10.5. The number of carboxylic acid groups (broad SMARTS) is 1. The number of aryl methyl sites for hydroxylation is 1. The maximum Gasteiger partial charge on any atom is 0.306 e. The van der Waals surface area contributed by atoms with Gasteiger partial charge in [-0.15, -0.1) is 11.3 Å². The van der Waals surface area contributed by atoms with Crippen LogP contribution >= 0.6 is 11.3 Å². The number of thiophene rings is 1. The van der Waals surface area contributed by atoms with Crippen LogP contribution < -0.4 is 0 Å². The van der Waals surface area contributed by atoms with E-state index in [1.165, 1.54) is 11.3 Å². The highest BCUT2D eigenvalue weighted by molar-refractivity contribution is 7.12. The fraction of sp³-hybridized carbons (Fsp3) is 0.538. The lowest BCUT2D eigenvalue weighted by Gasteiger charge is -2.41. The molecule has 1 fully saturated rings. The molecule has 0 radical (unpaired) electrons. The molecule has 1 aliphatic rings. The minimum absolute atomic E-state index is 0.0516. The Morgan fingerprint density at radius 2 is 2.22 bits per heavy atom. The molecule has 0 spiro atoms. The molecule has 2 rings (SSSR count). The van der Waals surface area contributed by atoms with Gasteiger partial charge in [-0.3, -0.25) is 9.59 Å². The summed E-state index contributed by atoms with van der Waals surface area (Å²) in [7, 11) is 0. The predicted molar refractivity (Wildman–Crippen MR) is 69.9 cm³/mol. The lowest BCUT2D eigenvalue weighted by Crippen LogP contribution is -2.53. The van der Waals surface area contributed by atoms with Crippen molar-refractivity contribution in [3.8, 4) is 0 Å². The van der Waals surface area contributed by atoms with E-state index >= 15 is 0 Å². The molecule has 0 aromatic carbocycles. The first kappa shape index (κ1) is 13.1. The zero-order chi connectivity index (χ0) is 13.3. The summed E-state index contributed by atoms with van der Waals surface area (Å²) in [6, 6.07) is 1.98. The van der Waals surface area contributed by atoms with Crippen LogP contribution in [0.25, 0.3) is 0 Å². The second-order valence-corrected chi connectivity index (χ2v) is 5.64. The van der Waals surface area contributed by atoms with Gasteiger partial charge in [0.05, 0.1) is 10.8 Å². The number of hydrogen-bond donors (Lipinski definition) is 1. The number of carboxylic acids is 1. The average Bonchev–Trinajstić information content (AvgIpc) is 2.74. The third-order valence-corrected chi connectivity index (χ3v) is 4.56. The highest BCUT2D eigenvalue weighted by Gasteiger charge is 2.38. The van der Waals surface area contributed by atoms with Gasteiger partial charge in [-0.1, -0.05) is 13.8 Å². The van der Waals surface area contributed by atoms with Crippen LogP contribution in [0.4, 0.5) is 0 Å². The molecule has 1 N–H and O–H groups in total. The van der Waals surface area contributed by atoms with E-state index in [9.17, 15) is 9.59 Å². The molecule has 98 valence electrons. The van der Waals surface area contributed by atoms with E-state index in [0.717, 1.165) is 16.9 Å². The highest BCUT2D eigenvalue weighted by atomic mass is 32.1. The van der Waals surface area contributed by atoms with E-state index in [4.69, 9.17) is 5.11 Å². The molecular formula is C13H17NO3S. The van der Waals surface area contributed by atoms with Gasteiger partial charge in [0, 0.05) is 19.0 Å². The van der Waals surface area contributed by atoms with Crippen molar-refractivity contribution in [1.29, 1.82) is 0 Å². The summed E-state index contributed by atoms with van der Waals surface area (Å²) in [6.07, 6.45) is 0.855. The number of hydrogen-bond acceptors (Lipinski definition) is 3. The largest absolute Gasteiger partial charge is 0.481 e. The van der Waals surface area contributed by atoms with Crippen molar-refractivity contribution in [2.45, 2.75) is 20.3 Å². The maximum atomic E-state index is 12.2. The fourth-order valence-corrected chi connectivity index (χ4v) is 3.10. The summed E-state index contributed by atoms with van der Waals surface area (Å²) in [5, 5.41) is 10.8. The highest BCUT2D eigenvalue weighted by Crippen LogP contribution is 2.28. The SMILES string of the molecule is CCc1ccsc1C(=O)N1CC(C(C)C(=O)O)C1. The molecule has 0 bridgehead atoms. The Morgan fingerprint density at radius 3 is 2.78 bits per heavy atom. The van der Waals surface area contributed by atoms with E-state index in [0.29, 0.717) is 13.1 Å². The Bertz CT molecular complexity index is 463. The summed E-state index contributed by atoms with van der Waals surface area (Å²) in [5.41, 5.74) is 1.08. The van der Waals surface area contributed by atoms with Crippen LogP contribution in [0, 0.1) is 11.8 Å². The molecule has 0 aliphatic carbocycles. The van der Waals surface area contributed by atoms with Crippen molar-refractivity contribution in [2.24, 2.45) is 11.8 Å². The van der Waals surface area contributed by atoms with Gasteiger partial charge in [-0.05, 0) is 23.4 Å². The van der Waals surface area contributed by atoms with Crippen molar-refractivity contribution in [3.05, 3.63) is 21.9 Å². The van der Waals surface area contributed by atoms with Crippen molar-refractivity contribution >= 4 is 23.2 Å². The second kappa shape index (κ2) is 5.10. The molecule has 4 nitrogen and oxygen atoms in total. The minimum Gasteiger partial charge on any atom is -0.481 e. The van der Waals surface area contributed by atoms with Gasteiger partial charge in [0.1, 0.15) is 0 Å².